The Morgan fingerprint density at radius 2 is 1.67 bits per heavy atom. The van der Waals surface area contributed by atoms with Crippen LogP contribution in [-0.4, -0.2) is 66.1 Å². The van der Waals surface area contributed by atoms with Gasteiger partial charge in [0.2, 0.25) is 17.7 Å². The van der Waals surface area contributed by atoms with Crippen LogP contribution in [0.5, 0.6) is 0 Å². The Morgan fingerprint density at radius 3 is 2.29 bits per heavy atom. The summed E-state index contributed by atoms with van der Waals surface area (Å²) in [6.07, 6.45) is 3.76. The average molecular weight is 700 g/mol. The summed E-state index contributed by atoms with van der Waals surface area (Å²) in [6, 6.07) is 4.48. The number of aromatic nitrogens is 1. The Bertz CT molecular complexity index is 1420. The Hall–Kier alpha value is -3.22. The molecule has 3 amide bonds. The van der Waals surface area contributed by atoms with E-state index in [1.165, 1.54) is 16.9 Å². The number of primary amides is 1. The molecule has 1 saturated heterocycles. The first-order valence-corrected chi connectivity index (χ1v) is 18.8. The van der Waals surface area contributed by atoms with Crippen LogP contribution in [0.25, 0.3) is 10.2 Å². The minimum absolute atomic E-state index is 0.0403. The lowest BCUT2D eigenvalue weighted by Crippen LogP contribution is -2.51. The highest BCUT2D eigenvalue weighted by Gasteiger charge is 2.36. The number of unbranched alkanes of at least 4 members (excludes halogenated alkanes) is 1. The predicted molar refractivity (Wildman–Crippen MR) is 193 cm³/mol. The van der Waals surface area contributed by atoms with Crippen LogP contribution in [0.2, 0.25) is 0 Å². The third-order valence-corrected chi connectivity index (χ3v) is 10.4. The second kappa shape index (κ2) is 19.8. The van der Waals surface area contributed by atoms with Crippen molar-refractivity contribution in [2.75, 3.05) is 19.8 Å². The van der Waals surface area contributed by atoms with Crippen LogP contribution >= 0.6 is 11.3 Å². The number of benzene rings is 1. The smallest absolute Gasteiger partial charge is 0.240 e. The molecule has 272 valence electrons. The maximum absolute atomic E-state index is 14.2. The number of fused-ring (bicyclic) bond motifs is 1. The third kappa shape index (κ3) is 12.6. The lowest BCUT2D eigenvalue weighted by molar-refractivity contribution is -0.136. The van der Waals surface area contributed by atoms with E-state index in [0.717, 1.165) is 15.2 Å². The molecule has 4 atom stereocenters. The van der Waals surface area contributed by atoms with Crippen LogP contribution < -0.4 is 22.1 Å². The minimum Gasteiger partial charge on any atom is -0.381 e. The molecule has 1 aliphatic rings. The summed E-state index contributed by atoms with van der Waals surface area (Å²) in [6.45, 7) is 11.3. The number of Topliss-reactive ketones (excluding diaryl/α,β-unsaturated/α-hetero) is 2. The summed E-state index contributed by atoms with van der Waals surface area (Å²) >= 11 is 1.52. The Kier molecular flexibility index (Phi) is 16.3. The topological polar surface area (TPSA) is 184 Å². The van der Waals surface area contributed by atoms with Crippen molar-refractivity contribution in [2.24, 2.45) is 35.1 Å². The number of hydrogen-bond acceptors (Lipinski definition) is 9. The van der Waals surface area contributed by atoms with Gasteiger partial charge < -0.3 is 26.8 Å². The molecule has 1 aromatic carbocycles. The van der Waals surface area contributed by atoms with Gasteiger partial charge in [0.1, 0.15) is 11.8 Å². The van der Waals surface area contributed by atoms with Crippen molar-refractivity contribution in [3.8, 4) is 0 Å². The van der Waals surface area contributed by atoms with Crippen molar-refractivity contribution >= 4 is 50.8 Å². The molecule has 0 unspecified atom stereocenters. The second-order valence-corrected chi connectivity index (χ2v) is 15.3. The molecule has 1 aromatic heterocycles. The van der Waals surface area contributed by atoms with E-state index < -0.39 is 35.7 Å². The molecule has 11 nitrogen and oxygen atoms in total. The van der Waals surface area contributed by atoms with Gasteiger partial charge in [0, 0.05) is 44.8 Å². The third-order valence-electron chi connectivity index (χ3n) is 9.36. The molecule has 0 saturated carbocycles. The van der Waals surface area contributed by atoms with Gasteiger partial charge in [0.05, 0.1) is 27.2 Å². The van der Waals surface area contributed by atoms with Gasteiger partial charge in [-0.25, -0.2) is 4.98 Å². The normalized spacial score (nSPS) is 16.3. The van der Waals surface area contributed by atoms with E-state index in [1.807, 2.05) is 19.9 Å². The first kappa shape index (κ1) is 40.2. The fraction of sp³-hybridized carbons (Fsp3) is 0.676. The molecular formula is C37H57N5O6S. The van der Waals surface area contributed by atoms with Crippen molar-refractivity contribution in [1.29, 1.82) is 0 Å². The molecule has 2 aromatic rings. The van der Waals surface area contributed by atoms with Crippen molar-refractivity contribution in [3.05, 3.63) is 28.8 Å². The van der Waals surface area contributed by atoms with E-state index in [-0.39, 0.29) is 48.6 Å². The zero-order valence-corrected chi connectivity index (χ0v) is 30.7. The molecule has 3 rings (SSSR count). The summed E-state index contributed by atoms with van der Waals surface area (Å²) in [7, 11) is 0. The predicted octanol–water partition coefficient (Wildman–Crippen LogP) is 4.58. The zero-order valence-electron chi connectivity index (χ0n) is 29.9. The molecule has 0 bridgehead atoms. The largest absolute Gasteiger partial charge is 0.381 e. The quantitative estimate of drug-likeness (QED) is 0.137. The van der Waals surface area contributed by atoms with E-state index in [9.17, 15) is 24.0 Å². The van der Waals surface area contributed by atoms with Gasteiger partial charge in [0.15, 0.2) is 5.78 Å². The van der Waals surface area contributed by atoms with Crippen LogP contribution in [-0.2, 0) is 35.1 Å². The zero-order chi connectivity index (χ0) is 36.1. The first-order valence-electron chi connectivity index (χ1n) is 17.9. The summed E-state index contributed by atoms with van der Waals surface area (Å²) in [4.78, 5) is 71.4. The van der Waals surface area contributed by atoms with Crippen molar-refractivity contribution in [3.63, 3.8) is 0 Å². The number of carbonyl (C=O) groups excluding carboxylic acids is 5. The number of carbonyl (C=O) groups is 5. The lowest BCUT2D eigenvalue weighted by atomic mass is 9.83. The number of rotatable bonds is 21. The van der Waals surface area contributed by atoms with Gasteiger partial charge in [0.25, 0.3) is 0 Å². The molecule has 2 heterocycles. The minimum atomic E-state index is -0.855. The maximum atomic E-state index is 14.2. The van der Waals surface area contributed by atoms with Crippen molar-refractivity contribution in [1.82, 2.24) is 15.6 Å². The van der Waals surface area contributed by atoms with E-state index in [1.54, 1.807) is 6.92 Å². The van der Waals surface area contributed by atoms with Crippen LogP contribution in [0.1, 0.15) is 109 Å². The summed E-state index contributed by atoms with van der Waals surface area (Å²) in [5, 5.41) is 6.59. The Balaban J connectivity index is 1.86. The van der Waals surface area contributed by atoms with Gasteiger partial charge in [-0.3, -0.25) is 24.0 Å². The van der Waals surface area contributed by atoms with Crippen LogP contribution in [0.15, 0.2) is 18.2 Å². The van der Waals surface area contributed by atoms with Crippen molar-refractivity contribution in [2.45, 2.75) is 117 Å². The molecular weight excluding hydrogens is 643 g/mol. The number of nitrogens with one attached hydrogen (secondary N) is 2. The SMILES string of the molecule is CCC(=O)C[C@@H](Cc1nc2ccc(C(C)C)cc2s1)C(=O)N[C@H](C(=O)C[C@@H](CCCCN)C(=O)N[C@@H](CC(C)C)C(N)=O)C1CCOCC1. The molecule has 0 radical (unpaired) electrons. The maximum Gasteiger partial charge on any atom is 0.240 e. The standard InChI is InChI=1S/C37H57N5O6S/c1-6-28(43)18-27(21-33-40-29-11-10-25(23(4)5)20-32(29)49-33)37(47)42-34(24-12-15-48-16-13-24)31(44)19-26(9-7-8-14-38)36(46)41-30(35(39)45)17-22(2)3/h10-11,20,22-24,26-27,30,34H,6-9,12-19,21,38H2,1-5H3,(H2,39,45)(H,41,46)(H,42,47)/t26-,27+,30+,34+/m1/s1. The van der Waals surface area contributed by atoms with Crippen LogP contribution in [0, 0.1) is 23.7 Å². The van der Waals surface area contributed by atoms with Crippen LogP contribution in [0.4, 0.5) is 0 Å². The van der Waals surface area contributed by atoms with Crippen molar-refractivity contribution < 1.29 is 28.7 Å². The van der Waals surface area contributed by atoms with E-state index in [2.05, 4.69) is 36.6 Å². The number of nitrogens with two attached hydrogens (primary N) is 2. The molecule has 0 aliphatic carbocycles. The van der Waals surface area contributed by atoms with E-state index in [0.29, 0.717) is 70.6 Å². The van der Waals surface area contributed by atoms with Gasteiger partial charge >= 0.3 is 0 Å². The molecule has 1 fully saturated rings. The highest BCUT2D eigenvalue weighted by atomic mass is 32.1. The Labute approximate surface area is 295 Å². The Morgan fingerprint density at radius 1 is 0.980 bits per heavy atom. The summed E-state index contributed by atoms with van der Waals surface area (Å²) in [5.41, 5.74) is 13.4. The summed E-state index contributed by atoms with van der Waals surface area (Å²) < 4.78 is 6.60. The molecule has 1 aliphatic heterocycles. The van der Waals surface area contributed by atoms with E-state index >= 15 is 0 Å². The highest BCUT2D eigenvalue weighted by Crippen LogP contribution is 2.29. The highest BCUT2D eigenvalue weighted by molar-refractivity contribution is 7.18. The van der Waals surface area contributed by atoms with Gasteiger partial charge in [-0.2, -0.15) is 0 Å². The number of amides is 3. The molecule has 6 N–H and O–H groups in total. The number of ketones is 2. The number of hydrogen-bond donors (Lipinski definition) is 4. The summed E-state index contributed by atoms with van der Waals surface area (Å²) in [5.74, 6) is -2.82. The molecule has 12 heteroatoms. The monoisotopic (exact) mass is 699 g/mol. The molecule has 0 spiro atoms. The fourth-order valence-corrected chi connectivity index (χ4v) is 7.44. The number of nitrogens with zero attached hydrogens (tertiary/aromatic N) is 1. The first-order chi connectivity index (χ1) is 23.3. The van der Waals surface area contributed by atoms with Gasteiger partial charge in [-0.15, -0.1) is 11.3 Å². The van der Waals surface area contributed by atoms with Gasteiger partial charge in [-0.05, 0) is 74.1 Å². The number of ether oxygens (including phenoxy) is 1. The second-order valence-electron chi connectivity index (χ2n) is 14.2. The van der Waals surface area contributed by atoms with Crippen LogP contribution in [0.3, 0.4) is 0 Å². The fourth-order valence-electron chi connectivity index (χ4n) is 6.34. The molecule has 49 heavy (non-hydrogen) atoms. The lowest BCUT2D eigenvalue weighted by Gasteiger charge is -2.32. The van der Waals surface area contributed by atoms with Gasteiger partial charge in [-0.1, -0.05) is 47.1 Å². The van der Waals surface area contributed by atoms with E-state index in [4.69, 9.17) is 21.2 Å². The number of thiazole rings is 1. The average Bonchev–Trinajstić information content (AvgIpc) is 3.47.